The molecule has 0 amide bonds. The number of carbonyl (C=O) groups excluding carboxylic acids is 1. The maximum absolute atomic E-state index is 15.2. The summed E-state index contributed by atoms with van der Waals surface area (Å²) in [6.45, 7) is 0. The molecule has 0 radical (unpaired) electrons. The summed E-state index contributed by atoms with van der Waals surface area (Å²) in [6, 6.07) is 13.3. The normalized spacial score (nSPS) is 22.7. The molecule has 0 unspecified atom stereocenters. The molecule has 3 rings (SSSR count). The molecular weight excluding hydrogens is 291 g/mol. The number of hydrogen-bond acceptors (Lipinski definition) is 2. The minimum Gasteiger partial charge on any atom is -0.385 e. The van der Waals surface area contributed by atoms with Gasteiger partial charge in [0.1, 0.15) is 6.10 Å². The maximum Gasteiger partial charge on any atom is 0.203 e. The molecule has 2 aromatic rings. The highest BCUT2D eigenvalue weighted by atomic mass is 35.5. The van der Waals surface area contributed by atoms with Crippen LogP contribution in [-0.2, 0) is 6.42 Å². The van der Waals surface area contributed by atoms with Crippen LogP contribution >= 0.6 is 11.6 Å². The molecule has 0 bridgehead atoms. The Kier molecular flexibility index (Phi) is 3.56. The van der Waals surface area contributed by atoms with Gasteiger partial charge in [0.15, 0.2) is 0 Å². The van der Waals surface area contributed by atoms with Crippen LogP contribution < -0.4 is 0 Å². The third-order valence-electron chi connectivity index (χ3n) is 4.00. The largest absolute Gasteiger partial charge is 0.385 e. The molecule has 21 heavy (non-hydrogen) atoms. The van der Waals surface area contributed by atoms with E-state index in [1.165, 1.54) is 6.07 Å². The predicted octanol–water partition coefficient (Wildman–Crippen LogP) is 3.91. The minimum absolute atomic E-state index is 0.0312. The van der Waals surface area contributed by atoms with Crippen LogP contribution in [0.25, 0.3) is 0 Å². The Morgan fingerprint density at radius 1 is 1.19 bits per heavy atom. The van der Waals surface area contributed by atoms with E-state index in [1.807, 2.05) is 12.1 Å². The number of aryl methyl sites for hydroxylation is 1. The van der Waals surface area contributed by atoms with Crippen molar-refractivity contribution in [1.29, 1.82) is 0 Å². The number of alkyl halides is 1. The number of Topliss-reactive ketones (excluding diaryl/α,β-unsaturated/α-hetero) is 1. The maximum atomic E-state index is 15.2. The van der Waals surface area contributed by atoms with E-state index < -0.39 is 17.6 Å². The highest BCUT2D eigenvalue weighted by Crippen LogP contribution is 2.41. The molecule has 0 aromatic heterocycles. The van der Waals surface area contributed by atoms with Crippen molar-refractivity contribution in [2.45, 2.75) is 24.6 Å². The van der Waals surface area contributed by atoms with Crippen LogP contribution in [0.15, 0.2) is 48.5 Å². The third-order valence-corrected chi connectivity index (χ3v) is 4.23. The summed E-state index contributed by atoms with van der Waals surface area (Å²) in [4.78, 5) is 12.5. The first kappa shape index (κ1) is 14.2. The fourth-order valence-corrected chi connectivity index (χ4v) is 3.01. The van der Waals surface area contributed by atoms with Crippen molar-refractivity contribution in [1.82, 2.24) is 0 Å². The van der Waals surface area contributed by atoms with E-state index in [-0.39, 0.29) is 6.42 Å². The van der Waals surface area contributed by atoms with Crippen molar-refractivity contribution in [3.05, 3.63) is 70.2 Å². The fraction of sp³-hybridized carbons (Fsp3) is 0.235. The molecule has 2 nitrogen and oxygen atoms in total. The summed E-state index contributed by atoms with van der Waals surface area (Å²) in [7, 11) is 0. The van der Waals surface area contributed by atoms with E-state index in [1.54, 1.807) is 30.3 Å². The van der Waals surface area contributed by atoms with E-state index >= 15 is 4.39 Å². The lowest BCUT2D eigenvalue weighted by Crippen LogP contribution is -2.44. The van der Waals surface area contributed by atoms with Crippen LogP contribution in [0.4, 0.5) is 4.39 Å². The van der Waals surface area contributed by atoms with Gasteiger partial charge in [-0.2, -0.15) is 0 Å². The molecule has 2 atom stereocenters. The summed E-state index contributed by atoms with van der Waals surface area (Å²) < 4.78 is 15.2. The van der Waals surface area contributed by atoms with Gasteiger partial charge in [0.05, 0.1) is 0 Å². The second-order valence-corrected chi connectivity index (χ2v) is 5.74. The summed E-state index contributed by atoms with van der Waals surface area (Å²) in [6.07, 6.45) is -1.12. The topological polar surface area (TPSA) is 37.3 Å². The Balaban J connectivity index is 2.00. The zero-order chi connectivity index (χ0) is 15.0. The molecule has 0 saturated heterocycles. The second kappa shape index (κ2) is 5.24. The number of ketones is 1. The first-order valence-electron chi connectivity index (χ1n) is 6.77. The van der Waals surface area contributed by atoms with Gasteiger partial charge < -0.3 is 5.11 Å². The number of fused-ring (bicyclic) bond motifs is 1. The van der Waals surface area contributed by atoms with Crippen molar-refractivity contribution < 1.29 is 14.3 Å². The monoisotopic (exact) mass is 304 g/mol. The average molecular weight is 305 g/mol. The number of benzene rings is 2. The Bertz CT molecular complexity index is 701. The number of aliphatic hydroxyl groups is 1. The van der Waals surface area contributed by atoms with Crippen LogP contribution in [0.2, 0.25) is 5.02 Å². The Hall–Kier alpha value is -1.71. The van der Waals surface area contributed by atoms with E-state index in [0.29, 0.717) is 22.6 Å². The van der Waals surface area contributed by atoms with Gasteiger partial charge >= 0.3 is 0 Å². The molecule has 0 saturated carbocycles. The van der Waals surface area contributed by atoms with Gasteiger partial charge in [-0.3, -0.25) is 4.79 Å². The number of carbonyl (C=O) groups is 1. The van der Waals surface area contributed by atoms with Crippen LogP contribution in [0.3, 0.4) is 0 Å². The summed E-state index contributed by atoms with van der Waals surface area (Å²) in [5.41, 5.74) is -0.807. The lowest BCUT2D eigenvalue weighted by atomic mass is 9.76. The molecule has 2 aromatic carbocycles. The average Bonchev–Trinajstić information content (AvgIpc) is 2.50. The smallest absolute Gasteiger partial charge is 0.203 e. The van der Waals surface area contributed by atoms with Crippen LogP contribution in [0.1, 0.15) is 34.0 Å². The van der Waals surface area contributed by atoms with E-state index in [4.69, 9.17) is 11.6 Å². The molecule has 0 aliphatic heterocycles. The summed E-state index contributed by atoms with van der Waals surface area (Å²) in [5.74, 6) is -0.656. The van der Waals surface area contributed by atoms with Gasteiger partial charge in [0, 0.05) is 10.6 Å². The zero-order valence-electron chi connectivity index (χ0n) is 11.2. The van der Waals surface area contributed by atoms with Crippen molar-refractivity contribution >= 4 is 17.4 Å². The molecular formula is C17H14ClFO2. The first-order valence-corrected chi connectivity index (χ1v) is 7.15. The van der Waals surface area contributed by atoms with Crippen molar-refractivity contribution in [2.24, 2.45) is 0 Å². The molecule has 1 N–H and O–H groups in total. The van der Waals surface area contributed by atoms with Gasteiger partial charge in [-0.15, -0.1) is 0 Å². The standard InChI is InChI=1S/C17H14ClFO2/c18-13-6-3-5-12(10-13)15(20)17(19)9-8-11-4-1-2-7-14(11)16(17)21/h1-7,10,15,20H,8-9H2/t15-,17+/m0/s1. The van der Waals surface area contributed by atoms with Crippen LogP contribution in [0, 0.1) is 0 Å². The van der Waals surface area contributed by atoms with E-state index in [0.717, 1.165) is 5.56 Å². The van der Waals surface area contributed by atoms with E-state index in [9.17, 15) is 9.90 Å². The molecule has 0 spiro atoms. The lowest BCUT2D eigenvalue weighted by molar-refractivity contribution is -0.00673. The van der Waals surface area contributed by atoms with E-state index in [2.05, 4.69) is 0 Å². The molecule has 0 fully saturated rings. The number of hydrogen-bond donors (Lipinski definition) is 1. The Labute approximate surface area is 127 Å². The zero-order valence-corrected chi connectivity index (χ0v) is 12.0. The van der Waals surface area contributed by atoms with Crippen molar-refractivity contribution in [3.8, 4) is 0 Å². The number of halogens is 2. The van der Waals surface area contributed by atoms with Crippen molar-refractivity contribution in [3.63, 3.8) is 0 Å². The van der Waals surface area contributed by atoms with Crippen molar-refractivity contribution in [2.75, 3.05) is 0 Å². The quantitative estimate of drug-likeness (QED) is 0.913. The van der Waals surface area contributed by atoms with Gasteiger partial charge in [-0.25, -0.2) is 4.39 Å². The predicted molar refractivity (Wildman–Crippen MR) is 79.3 cm³/mol. The highest BCUT2D eigenvalue weighted by molar-refractivity contribution is 6.30. The fourth-order valence-electron chi connectivity index (χ4n) is 2.82. The summed E-state index contributed by atoms with van der Waals surface area (Å²) in [5, 5.41) is 10.8. The molecule has 1 aliphatic rings. The second-order valence-electron chi connectivity index (χ2n) is 5.31. The highest BCUT2D eigenvalue weighted by Gasteiger charge is 2.49. The summed E-state index contributed by atoms with van der Waals surface area (Å²) >= 11 is 5.87. The molecule has 0 heterocycles. The first-order chi connectivity index (χ1) is 10.0. The SMILES string of the molecule is O=C1c2ccccc2CC[C@@]1(F)[C@@H](O)c1cccc(Cl)c1. The Morgan fingerprint density at radius 2 is 1.95 bits per heavy atom. The van der Waals surface area contributed by atoms with Gasteiger partial charge in [0.25, 0.3) is 0 Å². The number of rotatable bonds is 2. The Morgan fingerprint density at radius 3 is 2.71 bits per heavy atom. The third kappa shape index (κ3) is 2.37. The van der Waals surface area contributed by atoms with Gasteiger partial charge in [-0.1, -0.05) is 48.0 Å². The van der Waals surface area contributed by atoms with Crippen LogP contribution in [-0.4, -0.2) is 16.6 Å². The molecule has 108 valence electrons. The molecule has 4 heteroatoms. The van der Waals surface area contributed by atoms with Gasteiger partial charge in [-0.05, 0) is 36.1 Å². The lowest BCUT2D eigenvalue weighted by Gasteiger charge is -2.33. The van der Waals surface area contributed by atoms with Gasteiger partial charge in [0.2, 0.25) is 11.5 Å². The minimum atomic E-state index is -2.31. The molecule has 1 aliphatic carbocycles. The number of aliphatic hydroxyl groups excluding tert-OH is 1. The van der Waals surface area contributed by atoms with Crippen LogP contribution in [0.5, 0.6) is 0 Å².